The fourth-order valence-corrected chi connectivity index (χ4v) is 5.04. The third kappa shape index (κ3) is 5.05. The zero-order valence-corrected chi connectivity index (χ0v) is 21.2. The van der Waals surface area contributed by atoms with Crippen molar-refractivity contribution in [2.75, 3.05) is 19.5 Å². The smallest absolute Gasteiger partial charge is 0.293 e. The van der Waals surface area contributed by atoms with Gasteiger partial charge in [0.15, 0.2) is 0 Å². The van der Waals surface area contributed by atoms with E-state index in [0.717, 1.165) is 16.9 Å². The summed E-state index contributed by atoms with van der Waals surface area (Å²) in [5.41, 5.74) is 2.62. The van der Waals surface area contributed by atoms with Crippen molar-refractivity contribution in [3.8, 4) is 11.5 Å². The molecule has 3 N–H and O–H groups in total. The number of carbonyl (C=O) groups excluding carboxylic acids is 1. The van der Waals surface area contributed by atoms with E-state index < -0.39 is 20.9 Å². The Balaban J connectivity index is 1.71. The molecule has 0 aliphatic carbocycles. The van der Waals surface area contributed by atoms with Crippen LogP contribution >= 0.6 is 0 Å². The molecule has 0 radical (unpaired) electrons. The molecule has 1 aromatic heterocycles. The number of non-ortho nitro benzene ring substituents is 1. The summed E-state index contributed by atoms with van der Waals surface area (Å²) >= 11 is 0. The monoisotopic (exact) mass is 524 g/mol. The fourth-order valence-electron chi connectivity index (χ4n) is 4.08. The van der Waals surface area contributed by atoms with Gasteiger partial charge in [-0.15, -0.1) is 0 Å². The molecule has 0 saturated carbocycles. The van der Waals surface area contributed by atoms with Gasteiger partial charge in [0.05, 0.1) is 24.0 Å². The predicted octanol–water partition coefficient (Wildman–Crippen LogP) is 4.57. The van der Waals surface area contributed by atoms with Crippen LogP contribution in [0.3, 0.4) is 0 Å². The number of nitrogens with zero attached hydrogens (tertiary/aromatic N) is 1. The van der Waals surface area contributed by atoms with Gasteiger partial charge in [-0.2, -0.15) is 0 Å². The molecular formula is C25H24N4O7S. The number of nitrogens with one attached hydrogen (secondary N) is 3. The Morgan fingerprint density at radius 3 is 2.19 bits per heavy atom. The minimum Gasteiger partial charge on any atom is -0.497 e. The number of hydrogen-bond donors (Lipinski definition) is 3. The van der Waals surface area contributed by atoms with Gasteiger partial charge in [-0.3, -0.25) is 14.9 Å². The Morgan fingerprint density at radius 1 is 0.973 bits per heavy atom. The lowest BCUT2D eigenvalue weighted by Gasteiger charge is -2.13. The average molecular weight is 525 g/mol. The molecule has 3 aromatic carbocycles. The Kier molecular flexibility index (Phi) is 6.77. The maximum absolute atomic E-state index is 12.9. The van der Waals surface area contributed by atoms with Gasteiger partial charge < -0.3 is 19.8 Å². The van der Waals surface area contributed by atoms with Crippen LogP contribution in [0.25, 0.3) is 10.9 Å². The van der Waals surface area contributed by atoms with E-state index in [9.17, 15) is 23.3 Å². The second-order valence-electron chi connectivity index (χ2n) is 8.24. The first kappa shape index (κ1) is 25.5. The summed E-state index contributed by atoms with van der Waals surface area (Å²) in [5.74, 6) is 0.233. The van der Waals surface area contributed by atoms with Gasteiger partial charge in [0, 0.05) is 22.8 Å². The lowest BCUT2D eigenvalue weighted by molar-refractivity contribution is -0.383. The van der Waals surface area contributed by atoms with Crippen LogP contribution in [0, 0.1) is 24.0 Å². The number of benzene rings is 3. The number of amides is 1. The number of carbonyl (C=O) groups is 1. The van der Waals surface area contributed by atoms with Crippen molar-refractivity contribution in [2.24, 2.45) is 0 Å². The SMILES string of the molecule is COc1ccc(S(=O)(=O)NC(=O)c2cc3c(Nc4cc(C)c(OC)c(C)c4)ccc([N+](=O)[O-])c3[nH]2)cc1. The van der Waals surface area contributed by atoms with E-state index in [2.05, 4.69) is 10.3 Å². The number of nitro benzene ring substituents is 1. The molecule has 11 nitrogen and oxygen atoms in total. The van der Waals surface area contributed by atoms with E-state index in [1.165, 1.54) is 49.6 Å². The topological polar surface area (TPSA) is 153 Å². The van der Waals surface area contributed by atoms with Crippen LogP contribution in [0.4, 0.5) is 17.1 Å². The minimum absolute atomic E-state index is 0.0731. The molecule has 0 atom stereocenters. The van der Waals surface area contributed by atoms with Crippen LogP contribution in [0.15, 0.2) is 59.5 Å². The first-order valence-corrected chi connectivity index (χ1v) is 12.5. The Bertz CT molecular complexity index is 1600. The van der Waals surface area contributed by atoms with Crippen LogP contribution in [0.1, 0.15) is 21.6 Å². The highest BCUT2D eigenvalue weighted by molar-refractivity contribution is 7.90. The maximum Gasteiger partial charge on any atom is 0.293 e. The zero-order chi connectivity index (χ0) is 26.9. The highest BCUT2D eigenvalue weighted by Gasteiger charge is 2.24. The first-order chi connectivity index (χ1) is 17.5. The molecule has 4 rings (SSSR count). The van der Waals surface area contributed by atoms with E-state index in [1.807, 2.05) is 30.7 Å². The van der Waals surface area contributed by atoms with Gasteiger partial charge in [-0.05, 0) is 73.5 Å². The van der Waals surface area contributed by atoms with Gasteiger partial charge in [0.1, 0.15) is 22.7 Å². The molecule has 0 saturated heterocycles. The number of sulfonamides is 1. The van der Waals surface area contributed by atoms with Crippen molar-refractivity contribution >= 4 is 43.9 Å². The molecule has 12 heteroatoms. The minimum atomic E-state index is -4.21. The molecule has 192 valence electrons. The van der Waals surface area contributed by atoms with Gasteiger partial charge in [-0.1, -0.05) is 0 Å². The molecule has 4 aromatic rings. The summed E-state index contributed by atoms with van der Waals surface area (Å²) in [5, 5.41) is 15.2. The highest BCUT2D eigenvalue weighted by atomic mass is 32.2. The third-order valence-corrected chi connectivity index (χ3v) is 7.10. The Hall–Kier alpha value is -4.58. The molecule has 0 fully saturated rings. The van der Waals surface area contributed by atoms with E-state index in [4.69, 9.17) is 9.47 Å². The molecular weight excluding hydrogens is 500 g/mol. The lowest BCUT2D eigenvalue weighted by Crippen LogP contribution is -2.30. The molecule has 0 aliphatic heterocycles. The molecule has 37 heavy (non-hydrogen) atoms. The average Bonchev–Trinajstić information content (AvgIpc) is 3.30. The van der Waals surface area contributed by atoms with Crippen LogP contribution in [-0.2, 0) is 10.0 Å². The lowest BCUT2D eigenvalue weighted by atomic mass is 10.1. The summed E-state index contributed by atoms with van der Waals surface area (Å²) < 4.78 is 37.8. The number of anilines is 2. The standard InChI is InChI=1S/C25H24N4O7S/c1-14-11-16(12-15(2)24(14)36-4)26-20-9-10-22(29(31)32)23-19(20)13-21(27-23)25(30)28-37(33,34)18-7-5-17(35-3)6-8-18/h5-13,26-27H,1-4H3,(H,28,30). The number of aromatic nitrogens is 1. The molecule has 0 spiro atoms. The first-order valence-electron chi connectivity index (χ1n) is 11.0. The second kappa shape index (κ2) is 9.82. The molecule has 1 heterocycles. The number of ether oxygens (including phenoxy) is 2. The Labute approximate surface area is 212 Å². The number of nitro groups is 1. The second-order valence-corrected chi connectivity index (χ2v) is 9.92. The van der Waals surface area contributed by atoms with Crippen molar-refractivity contribution in [3.63, 3.8) is 0 Å². The molecule has 0 bridgehead atoms. The van der Waals surface area contributed by atoms with Crippen molar-refractivity contribution in [1.82, 2.24) is 9.71 Å². The summed E-state index contributed by atoms with van der Waals surface area (Å²) in [6, 6.07) is 13.4. The summed E-state index contributed by atoms with van der Waals surface area (Å²) in [6.07, 6.45) is 0. The number of rotatable bonds is 8. The number of aromatic amines is 1. The summed E-state index contributed by atoms with van der Waals surface area (Å²) in [4.78, 5) is 26.5. The zero-order valence-electron chi connectivity index (χ0n) is 20.4. The van der Waals surface area contributed by atoms with E-state index in [-0.39, 0.29) is 21.8 Å². The van der Waals surface area contributed by atoms with E-state index in [0.29, 0.717) is 22.5 Å². The number of aryl methyl sites for hydroxylation is 2. The van der Waals surface area contributed by atoms with E-state index >= 15 is 0 Å². The largest absolute Gasteiger partial charge is 0.497 e. The van der Waals surface area contributed by atoms with Gasteiger partial charge in [0.25, 0.3) is 21.6 Å². The quantitative estimate of drug-likeness (QED) is 0.224. The normalized spacial score (nSPS) is 11.2. The predicted molar refractivity (Wildman–Crippen MR) is 138 cm³/mol. The molecule has 0 unspecified atom stereocenters. The van der Waals surface area contributed by atoms with Crippen LogP contribution in [0.2, 0.25) is 0 Å². The van der Waals surface area contributed by atoms with Gasteiger partial charge >= 0.3 is 0 Å². The molecule has 1 amide bonds. The van der Waals surface area contributed by atoms with Crippen molar-refractivity contribution in [1.29, 1.82) is 0 Å². The van der Waals surface area contributed by atoms with Crippen LogP contribution < -0.4 is 19.5 Å². The van der Waals surface area contributed by atoms with E-state index in [1.54, 1.807) is 7.11 Å². The summed E-state index contributed by atoms with van der Waals surface area (Å²) in [6.45, 7) is 3.79. The van der Waals surface area contributed by atoms with Crippen LogP contribution in [0.5, 0.6) is 11.5 Å². The number of H-pyrrole nitrogens is 1. The van der Waals surface area contributed by atoms with Gasteiger partial charge in [-0.25, -0.2) is 13.1 Å². The molecule has 0 aliphatic rings. The van der Waals surface area contributed by atoms with Crippen molar-refractivity contribution in [3.05, 3.63) is 81.5 Å². The number of methoxy groups -OCH3 is 2. The number of hydrogen-bond acceptors (Lipinski definition) is 8. The summed E-state index contributed by atoms with van der Waals surface area (Å²) in [7, 11) is -1.18. The third-order valence-electron chi connectivity index (χ3n) is 5.75. The number of fused-ring (bicyclic) bond motifs is 1. The highest BCUT2D eigenvalue weighted by Crippen LogP contribution is 2.35. The van der Waals surface area contributed by atoms with Crippen LogP contribution in [-0.4, -0.2) is 38.5 Å². The van der Waals surface area contributed by atoms with Gasteiger partial charge in [0.2, 0.25) is 0 Å². The van der Waals surface area contributed by atoms with Crippen molar-refractivity contribution < 1.29 is 27.6 Å². The van der Waals surface area contributed by atoms with Crippen molar-refractivity contribution in [2.45, 2.75) is 18.7 Å². The fraction of sp³-hybridized carbons (Fsp3) is 0.160. The maximum atomic E-state index is 12.9. The Morgan fingerprint density at radius 2 is 1.62 bits per heavy atom.